The number of urea groups is 1. The van der Waals surface area contributed by atoms with Gasteiger partial charge in [-0.1, -0.05) is 30.3 Å². The van der Waals surface area contributed by atoms with Crippen molar-refractivity contribution in [2.45, 2.75) is 62.9 Å². The van der Waals surface area contributed by atoms with Crippen LogP contribution in [0.4, 0.5) is 10.5 Å². The Morgan fingerprint density at radius 1 is 1.06 bits per heavy atom. The maximum absolute atomic E-state index is 13.0. The van der Waals surface area contributed by atoms with Crippen LogP contribution in [0.2, 0.25) is 0 Å². The lowest BCUT2D eigenvalue weighted by molar-refractivity contribution is -0.138. The van der Waals surface area contributed by atoms with E-state index in [2.05, 4.69) is 39.8 Å². The van der Waals surface area contributed by atoms with Crippen molar-refractivity contribution in [3.8, 4) is 5.75 Å². The Bertz CT molecular complexity index is 1010. The van der Waals surface area contributed by atoms with Gasteiger partial charge in [0.1, 0.15) is 5.75 Å². The number of nitrogens with zero attached hydrogens (tertiary/aromatic N) is 1. The lowest BCUT2D eigenvalue weighted by atomic mass is 9.61. The Balaban J connectivity index is 1.38. The average molecular weight is 462 g/mol. The molecular formula is C28H35N3O3. The van der Waals surface area contributed by atoms with Gasteiger partial charge in [0, 0.05) is 30.2 Å². The molecule has 3 fully saturated rings. The Morgan fingerprint density at radius 3 is 2.62 bits per heavy atom. The molecule has 2 N–H and O–H groups in total. The van der Waals surface area contributed by atoms with Gasteiger partial charge in [-0.2, -0.15) is 0 Å². The zero-order valence-electron chi connectivity index (χ0n) is 20.0. The summed E-state index contributed by atoms with van der Waals surface area (Å²) in [7, 11) is 1.63. The predicted molar refractivity (Wildman–Crippen MR) is 133 cm³/mol. The number of carbonyl (C=O) groups is 2. The molecule has 34 heavy (non-hydrogen) atoms. The van der Waals surface area contributed by atoms with E-state index in [1.807, 2.05) is 30.3 Å². The minimum Gasteiger partial charge on any atom is -0.497 e. The summed E-state index contributed by atoms with van der Waals surface area (Å²) in [5.74, 6) is 1.79. The Hall–Kier alpha value is -3.02. The van der Waals surface area contributed by atoms with Gasteiger partial charge in [0.15, 0.2) is 0 Å². The second kappa shape index (κ2) is 9.69. The fourth-order valence-corrected chi connectivity index (χ4v) is 6.85. The number of carbonyl (C=O) groups excluding carboxylic acids is 2. The fraction of sp³-hybridized carbons (Fsp3) is 0.500. The van der Waals surface area contributed by atoms with Gasteiger partial charge in [-0.15, -0.1) is 0 Å². The number of anilines is 1. The third-order valence-corrected chi connectivity index (χ3v) is 8.33. The maximum Gasteiger partial charge on any atom is 0.319 e. The molecule has 1 aliphatic carbocycles. The molecule has 2 aromatic rings. The average Bonchev–Trinajstić information content (AvgIpc) is 3.22. The van der Waals surface area contributed by atoms with Crippen LogP contribution >= 0.6 is 0 Å². The molecule has 1 unspecified atom stereocenters. The number of nitrogens with one attached hydrogen (secondary N) is 2. The van der Waals surface area contributed by atoms with Crippen LogP contribution < -0.4 is 15.4 Å². The Labute approximate surface area is 202 Å². The number of hydrogen-bond donors (Lipinski definition) is 2. The van der Waals surface area contributed by atoms with Crippen LogP contribution in [0.25, 0.3) is 0 Å². The first-order valence-corrected chi connectivity index (χ1v) is 12.6. The SMILES string of the molecule is COc1ccc(NC(=O)N[C@H]2CC[C@@]34CCCN3C(=O)CCC[C@H]4C2Cc2ccccc2)cc1. The van der Waals surface area contributed by atoms with Gasteiger partial charge in [-0.05, 0) is 86.6 Å². The highest BCUT2D eigenvalue weighted by Gasteiger charge is 2.56. The number of rotatable bonds is 5. The van der Waals surface area contributed by atoms with E-state index in [0.29, 0.717) is 24.2 Å². The van der Waals surface area contributed by atoms with Gasteiger partial charge in [0.25, 0.3) is 0 Å². The van der Waals surface area contributed by atoms with Crippen molar-refractivity contribution in [2.75, 3.05) is 19.0 Å². The normalized spacial score (nSPS) is 28.4. The molecule has 2 saturated heterocycles. The summed E-state index contributed by atoms with van der Waals surface area (Å²) in [6.07, 6.45) is 7.64. The van der Waals surface area contributed by atoms with Gasteiger partial charge in [-0.25, -0.2) is 4.79 Å². The number of methoxy groups -OCH3 is 1. The van der Waals surface area contributed by atoms with Crippen molar-refractivity contribution in [2.24, 2.45) is 11.8 Å². The first-order chi connectivity index (χ1) is 16.6. The molecule has 2 heterocycles. The second-order valence-corrected chi connectivity index (χ2v) is 10.1. The molecule has 6 nitrogen and oxygen atoms in total. The van der Waals surface area contributed by atoms with Gasteiger partial charge < -0.3 is 20.3 Å². The molecule has 1 spiro atoms. The molecule has 180 valence electrons. The van der Waals surface area contributed by atoms with Crippen molar-refractivity contribution in [1.29, 1.82) is 0 Å². The number of ether oxygens (including phenoxy) is 1. The van der Waals surface area contributed by atoms with Crippen LogP contribution in [0.1, 0.15) is 50.5 Å². The lowest BCUT2D eigenvalue weighted by Gasteiger charge is -2.53. The summed E-state index contributed by atoms with van der Waals surface area (Å²) < 4.78 is 5.21. The molecule has 4 atom stereocenters. The molecule has 0 bridgehead atoms. The van der Waals surface area contributed by atoms with E-state index in [4.69, 9.17) is 4.74 Å². The van der Waals surface area contributed by atoms with Crippen LogP contribution in [0.3, 0.4) is 0 Å². The monoisotopic (exact) mass is 461 g/mol. The second-order valence-electron chi connectivity index (χ2n) is 10.1. The van der Waals surface area contributed by atoms with Crippen molar-refractivity contribution in [1.82, 2.24) is 10.2 Å². The van der Waals surface area contributed by atoms with Crippen molar-refractivity contribution in [3.05, 3.63) is 60.2 Å². The van der Waals surface area contributed by atoms with Crippen LogP contribution in [-0.4, -0.2) is 42.1 Å². The van der Waals surface area contributed by atoms with Crippen LogP contribution in [0, 0.1) is 11.8 Å². The Kier molecular flexibility index (Phi) is 6.48. The quantitative estimate of drug-likeness (QED) is 0.658. The summed E-state index contributed by atoms with van der Waals surface area (Å²) in [6.45, 7) is 0.892. The highest BCUT2D eigenvalue weighted by atomic mass is 16.5. The van der Waals surface area contributed by atoms with Gasteiger partial charge >= 0.3 is 6.03 Å². The summed E-state index contributed by atoms with van der Waals surface area (Å²) in [4.78, 5) is 28.2. The minimum absolute atomic E-state index is 0.0301. The number of benzene rings is 2. The highest BCUT2D eigenvalue weighted by molar-refractivity contribution is 5.89. The maximum atomic E-state index is 13.0. The summed E-state index contributed by atoms with van der Waals surface area (Å²) in [5, 5.41) is 6.31. The minimum atomic E-state index is -0.169. The van der Waals surface area contributed by atoms with E-state index in [1.54, 1.807) is 7.11 Å². The smallest absolute Gasteiger partial charge is 0.319 e. The third-order valence-electron chi connectivity index (χ3n) is 8.33. The first kappa shape index (κ1) is 22.8. The lowest BCUT2D eigenvalue weighted by Crippen LogP contribution is -2.61. The third kappa shape index (κ3) is 4.38. The fourth-order valence-electron chi connectivity index (χ4n) is 6.85. The van der Waals surface area contributed by atoms with Gasteiger partial charge in [-0.3, -0.25) is 4.79 Å². The van der Waals surface area contributed by atoms with Crippen molar-refractivity contribution >= 4 is 17.6 Å². The molecule has 0 aromatic heterocycles. The molecule has 0 radical (unpaired) electrons. The van der Waals surface area contributed by atoms with Gasteiger partial charge in [0.2, 0.25) is 5.91 Å². The van der Waals surface area contributed by atoms with E-state index < -0.39 is 0 Å². The van der Waals surface area contributed by atoms with Crippen molar-refractivity contribution in [3.63, 3.8) is 0 Å². The van der Waals surface area contributed by atoms with E-state index in [0.717, 1.165) is 62.9 Å². The van der Waals surface area contributed by atoms with E-state index >= 15 is 0 Å². The molecule has 1 saturated carbocycles. The molecule has 6 heteroatoms. The topological polar surface area (TPSA) is 70.7 Å². The van der Waals surface area contributed by atoms with Crippen LogP contribution in [0.15, 0.2) is 54.6 Å². The molecule has 3 aliphatic rings. The largest absolute Gasteiger partial charge is 0.497 e. The molecule has 2 aliphatic heterocycles. The first-order valence-electron chi connectivity index (χ1n) is 12.6. The number of amides is 3. The summed E-state index contributed by atoms with van der Waals surface area (Å²) >= 11 is 0. The zero-order valence-corrected chi connectivity index (χ0v) is 20.0. The molecular weight excluding hydrogens is 426 g/mol. The van der Waals surface area contributed by atoms with Crippen LogP contribution in [-0.2, 0) is 11.2 Å². The molecule has 2 aromatic carbocycles. The number of hydrogen-bond acceptors (Lipinski definition) is 3. The van der Waals surface area contributed by atoms with Crippen molar-refractivity contribution < 1.29 is 14.3 Å². The zero-order chi connectivity index (χ0) is 23.5. The standard InChI is InChI=1S/C28H35N3O3/c1-34-22-13-11-21(12-14-22)29-27(33)30-25-15-17-28-16-6-18-31(28)26(32)10-5-9-24(28)23(25)19-20-7-3-2-4-8-20/h2-4,7-8,11-14,23-25H,5-6,9-10,15-19H2,1H3,(H2,29,30,33)/t23?,24-,25-,28+/m0/s1. The van der Waals surface area contributed by atoms with Crippen LogP contribution in [0.5, 0.6) is 5.75 Å². The van der Waals surface area contributed by atoms with Gasteiger partial charge in [0.05, 0.1) is 7.11 Å². The van der Waals surface area contributed by atoms with E-state index in [9.17, 15) is 9.59 Å². The summed E-state index contributed by atoms with van der Waals surface area (Å²) in [5.41, 5.74) is 2.01. The summed E-state index contributed by atoms with van der Waals surface area (Å²) in [6, 6.07) is 17.9. The highest BCUT2D eigenvalue weighted by Crippen LogP contribution is 2.52. The predicted octanol–water partition coefficient (Wildman–Crippen LogP) is 5.00. The van der Waals surface area contributed by atoms with E-state index in [1.165, 1.54) is 5.56 Å². The molecule has 3 amide bonds. The Morgan fingerprint density at radius 2 is 1.85 bits per heavy atom. The van der Waals surface area contributed by atoms with E-state index in [-0.39, 0.29) is 17.6 Å². The molecule has 5 rings (SSSR count).